The quantitative estimate of drug-likeness (QED) is 0.0424. The van der Waals surface area contributed by atoms with Gasteiger partial charge < -0.3 is 133 Å². The van der Waals surface area contributed by atoms with E-state index in [9.17, 15) is 53.1 Å². The highest BCUT2D eigenvalue weighted by molar-refractivity contribution is 5.98. The molecule has 38 heteroatoms. The van der Waals surface area contributed by atoms with Gasteiger partial charge in [-0.15, -0.1) is 0 Å². The van der Waals surface area contributed by atoms with Crippen molar-refractivity contribution in [3.8, 4) is 0 Å². The Hall–Kier alpha value is -7.90. The minimum absolute atomic E-state index is 0.00595. The molecule has 9 N–H and O–H groups in total. The van der Waals surface area contributed by atoms with E-state index in [1.807, 2.05) is 32.0 Å². The number of anilines is 1. The van der Waals surface area contributed by atoms with Crippen LogP contribution in [0.5, 0.6) is 0 Å². The number of likely N-dealkylation sites (tertiary alicyclic amines) is 1. The van der Waals surface area contributed by atoms with E-state index in [4.69, 9.17) is 81.5 Å². The molecule has 2 aliphatic rings. The third-order valence-corrected chi connectivity index (χ3v) is 22.2. The van der Waals surface area contributed by atoms with Crippen LogP contribution in [0, 0.1) is 29.6 Å². The van der Waals surface area contributed by atoms with Crippen LogP contribution in [-0.2, 0) is 121 Å². The van der Waals surface area contributed by atoms with Gasteiger partial charge in [-0.25, -0.2) is 9.59 Å². The van der Waals surface area contributed by atoms with Crippen LogP contribution in [0.2, 0.25) is 0 Å². The van der Waals surface area contributed by atoms with E-state index >= 15 is 0 Å². The SMILES string of the molecule is CC[C@H](C)[C@@H]([C@@H](CC(=O)N1CCC[C@H]1[C@H](OC)[C@@H](C)C(=O)N[C@H](C)[C@@H](O)c1ccccc1)OC)N(C)C(=O)[C@@H](NC(=O)C(C(C)C)N(C)C(=O)OCc1ccc(NC(=O)[C@H](CCCNC(N)=O)NC(=O)C(NC(=O)CCCC(=O)N2CCOCCOCCOCCOCCOCCOCCOCCOCCOCCOCCOCCOCCOCC2)C(C)C)cc1)C(C)C. The van der Waals surface area contributed by atoms with Crippen LogP contribution in [0.1, 0.15) is 144 Å². The molecule has 2 aliphatic heterocycles. The summed E-state index contributed by atoms with van der Waals surface area (Å²) in [6.07, 6.45) is -1.22. The number of carbonyl (C=O) groups is 10. The number of nitrogens with two attached hydrogens (primary N) is 1. The molecule has 38 nitrogen and oxygen atoms in total. The molecule has 0 radical (unpaired) electrons. The lowest BCUT2D eigenvalue weighted by atomic mass is 9.89. The molecule has 4 rings (SSSR count). The fourth-order valence-electron chi connectivity index (χ4n) is 14.7. The molecular weight excluding hydrogens is 1680 g/mol. The van der Waals surface area contributed by atoms with Gasteiger partial charge in [0.15, 0.2) is 0 Å². The summed E-state index contributed by atoms with van der Waals surface area (Å²) < 4.78 is 90.9. The van der Waals surface area contributed by atoms with Gasteiger partial charge in [0.05, 0.1) is 221 Å². The Morgan fingerprint density at radius 1 is 0.512 bits per heavy atom. The zero-order chi connectivity index (χ0) is 94.7. The van der Waals surface area contributed by atoms with E-state index in [1.54, 1.807) is 114 Å². The molecule has 0 aliphatic carbocycles. The second-order valence-electron chi connectivity index (χ2n) is 33.0. The zero-order valence-corrected chi connectivity index (χ0v) is 79.1. The number of amides is 11. The summed E-state index contributed by atoms with van der Waals surface area (Å²) in [6, 6.07) is 8.46. The first-order valence-electron chi connectivity index (χ1n) is 45.7. The number of benzene rings is 2. The highest BCUT2D eigenvalue weighted by Gasteiger charge is 2.44. The number of hydrogen-bond donors (Lipinski definition) is 8. The minimum Gasteiger partial charge on any atom is -0.445 e. The first-order valence-corrected chi connectivity index (χ1v) is 45.7. The molecule has 12 atom stereocenters. The van der Waals surface area contributed by atoms with Crippen LogP contribution >= 0.6 is 0 Å². The van der Waals surface area contributed by atoms with Crippen molar-refractivity contribution in [3.05, 3.63) is 65.7 Å². The van der Waals surface area contributed by atoms with Gasteiger partial charge in [-0.1, -0.05) is 111 Å². The molecule has 129 heavy (non-hydrogen) atoms. The standard InChI is InChI=1S/C91H155N11O27/c1-15-67(8)82(75(114-13)62-78(105)102-33-21-25-74(102)84(115-14)68(9)85(107)94-69(10)83(106)71-22-17-16-18-23-71)99(11)89(111)80(65(4)5)98-88(110)81(66(6)7)100(12)91(113)129-63-70-28-30-72(31-29-70)95-86(108)73(24-20-32-93-90(92)112)96-87(109)79(64(2)3)97-76(103)26-19-27-77(104)101-34-36-116-38-40-118-42-44-120-46-48-122-50-52-124-54-56-126-58-60-128-61-59-127-57-55-125-53-51-123-49-47-121-45-43-119-41-39-117-37-35-101/h16-18,22-23,28-31,64-69,73-75,79-84,106H,15,19-21,24-27,32-63H2,1-14H3,(H,94,107)(H,95,108)(H,96,109)(H,97,103)(H,98,110)(H3,92,93,112)/t67-,68+,69+,73-,74-,75+,79?,80-,81?,82-,83+,84+/m0/s1. The highest BCUT2D eigenvalue weighted by atomic mass is 16.6. The van der Waals surface area contributed by atoms with Crippen molar-refractivity contribution in [2.75, 3.05) is 232 Å². The van der Waals surface area contributed by atoms with Crippen molar-refractivity contribution in [1.29, 1.82) is 0 Å². The Morgan fingerprint density at radius 3 is 1.42 bits per heavy atom. The molecule has 0 saturated carbocycles. The number of rotatable bonds is 36. The molecule has 2 aromatic carbocycles. The number of nitrogens with one attached hydrogen (secondary N) is 6. The van der Waals surface area contributed by atoms with Gasteiger partial charge in [0, 0.05) is 73.0 Å². The van der Waals surface area contributed by atoms with E-state index in [0.717, 1.165) is 0 Å². The first kappa shape index (κ1) is 113. The van der Waals surface area contributed by atoms with Gasteiger partial charge >= 0.3 is 12.1 Å². The molecular formula is C91H155N11O27. The van der Waals surface area contributed by atoms with Gasteiger partial charge in [0.2, 0.25) is 47.3 Å². The van der Waals surface area contributed by atoms with E-state index in [-0.39, 0.29) is 115 Å². The monoisotopic (exact) mass is 1830 g/mol. The topological polar surface area (TPSA) is 450 Å². The fourth-order valence-corrected chi connectivity index (χ4v) is 14.7. The van der Waals surface area contributed by atoms with Gasteiger partial charge in [0.25, 0.3) is 0 Å². The van der Waals surface area contributed by atoms with Crippen LogP contribution in [-0.4, -0.2) is 365 Å². The Kier molecular flexibility index (Phi) is 59.2. The maximum atomic E-state index is 14.9. The maximum Gasteiger partial charge on any atom is 0.410 e. The summed E-state index contributed by atoms with van der Waals surface area (Å²) in [5.74, 6) is -5.89. The number of primary amides is 1. The molecule has 2 heterocycles. The number of likely N-dealkylation sites (N-methyl/N-ethyl adjacent to an activating group) is 2. The minimum atomic E-state index is -1.18. The maximum absolute atomic E-state index is 14.9. The van der Waals surface area contributed by atoms with Crippen LogP contribution in [0.4, 0.5) is 15.3 Å². The fraction of sp³-hybridized carbons (Fsp3) is 0.758. The lowest BCUT2D eigenvalue weighted by molar-refractivity contribution is -0.148. The summed E-state index contributed by atoms with van der Waals surface area (Å²) in [6.45, 7) is 28.5. The average molecular weight is 1840 g/mol. The number of hydrogen-bond acceptors (Lipinski definition) is 27. The predicted octanol–water partition coefficient (Wildman–Crippen LogP) is 4.82. The molecule has 2 saturated heterocycles. The third kappa shape index (κ3) is 45.4. The number of ether oxygens (including phenoxy) is 16. The molecule has 2 aromatic rings. The van der Waals surface area contributed by atoms with Crippen molar-refractivity contribution in [2.45, 2.75) is 194 Å². The van der Waals surface area contributed by atoms with Crippen LogP contribution in [0.15, 0.2) is 54.6 Å². The van der Waals surface area contributed by atoms with Crippen molar-refractivity contribution in [2.24, 2.45) is 35.3 Å². The van der Waals surface area contributed by atoms with Gasteiger partial charge in [-0.2, -0.15) is 0 Å². The summed E-state index contributed by atoms with van der Waals surface area (Å²) in [5.41, 5.74) is 6.81. The number of nitrogens with zero attached hydrogens (tertiary/aromatic N) is 4. The number of aliphatic hydroxyl groups excluding tert-OH is 1. The molecule has 2 unspecified atom stereocenters. The summed E-state index contributed by atoms with van der Waals surface area (Å²) >= 11 is 0. The summed E-state index contributed by atoms with van der Waals surface area (Å²) in [5, 5.41) is 27.8. The normalized spacial score (nSPS) is 19.4. The number of aliphatic hydroxyl groups is 1. The van der Waals surface area contributed by atoms with Crippen molar-refractivity contribution in [3.63, 3.8) is 0 Å². The van der Waals surface area contributed by atoms with Gasteiger partial charge in [0.1, 0.15) is 30.8 Å². The van der Waals surface area contributed by atoms with Crippen molar-refractivity contribution < 1.29 is 129 Å². The molecule has 2 fully saturated rings. The van der Waals surface area contributed by atoms with Crippen LogP contribution in [0.3, 0.4) is 0 Å². The summed E-state index contributed by atoms with van der Waals surface area (Å²) in [7, 11) is 6.07. The second kappa shape index (κ2) is 67.3. The molecule has 0 bridgehead atoms. The highest BCUT2D eigenvalue weighted by Crippen LogP contribution is 2.31. The lowest BCUT2D eigenvalue weighted by Gasteiger charge is -2.41. The Bertz CT molecular complexity index is 3410. The van der Waals surface area contributed by atoms with E-state index in [2.05, 4.69) is 31.9 Å². The molecule has 0 aromatic heterocycles. The molecule has 0 spiro atoms. The predicted molar refractivity (Wildman–Crippen MR) is 480 cm³/mol. The largest absolute Gasteiger partial charge is 0.445 e. The van der Waals surface area contributed by atoms with Gasteiger partial charge in [-0.3, -0.25) is 43.3 Å². The van der Waals surface area contributed by atoms with E-state index in [1.165, 1.54) is 26.2 Å². The van der Waals surface area contributed by atoms with Crippen LogP contribution < -0.4 is 37.6 Å². The zero-order valence-electron chi connectivity index (χ0n) is 79.1. The molecule has 736 valence electrons. The Labute approximate surface area is 763 Å². The average Bonchev–Trinajstić information content (AvgIpc) is 1.62. The van der Waals surface area contributed by atoms with Crippen LogP contribution in [0.25, 0.3) is 0 Å². The lowest BCUT2D eigenvalue weighted by Crippen LogP contribution is -2.60. The number of methoxy groups -OCH3 is 2. The second-order valence-corrected chi connectivity index (χ2v) is 33.0. The van der Waals surface area contributed by atoms with Gasteiger partial charge in [-0.05, 0) is 86.0 Å². The Balaban J connectivity index is 1.32. The smallest absolute Gasteiger partial charge is 0.410 e. The third-order valence-electron chi connectivity index (χ3n) is 22.2. The van der Waals surface area contributed by atoms with E-state index < -0.39 is 126 Å². The Morgan fingerprint density at radius 2 is 0.984 bits per heavy atom. The van der Waals surface area contributed by atoms with Crippen molar-refractivity contribution in [1.82, 2.24) is 46.2 Å². The van der Waals surface area contributed by atoms with E-state index in [0.29, 0.717) is 188 Å². The summed E-state index contributed by atoms with van der Waals surface area (Å²) in [4.78, 5) is 145. The number of carbonyl (C=O) groups excluding carboxylic acids is 10. The van der Waals surface area contributed by atoms with Crippen molar-refractivity contribution >= 4 is 65.1 Å². The number of urea groups is 1. The first-order chi connectivity index (χ1) is 62.1. The molecule has 11 amide bonds.